The molecule has 0 fully saturated rings. The number of fused-ring (bicyclic) bond motifs is 1. The van der Waals surface area contributed by atoms with Crippen LogP contribution >= 0.6 is 0 Å². The quantitative estimate of drug-likeness (QED) is 0.588. The maximum absolute atomic E-state index is 13.6. The molecule has 0 unspecified atom stereocenters. The highest BCUT2D eigenvalue weighted by atomic mass is 19.1. The maximum atomic E-state index is 13.6. The van der Waals surface area contributed by atoms with Gasteiger partial charge >= 0.3 is 0 Å². The lowest BCUT2D eigenvalue weighted by molar-refractivity contribution is 0.551. The number of hydrogen-bond donors (Lipinski definition) is 1. The number of pyridine rings is 1. The highest BCUT2D eigenvalue weighted by Crippen LogP contribution is 2.35. The number of aromatic amines is 1. The summed E-state index contributed by atoms with van der Waals surface area (Å²) < 4.78 is 15.7. The molecular formula is C21H19FN6. The Morgan fingerprint density at radius 3 is 2.93 bits per heavy atom. The molecule has 1 atom stereocenters. The Hall–Kier alpha value is -3.35. The SMILES string of the molecule is Cc1n[nH]nc1-c1ccnc(-c2cn(C[C@@H]3CCc4ccc(F)cc43)cn2)c1. The van der Waals surface area contributed by atoms with Crippen LogP contribution in [0, 0.1) is 12.7 Å². The fourth-order valence-corrected chi connectivity index (χ4v) is 3.97. The molecule has 0 bridgehead atoms. The molecule has 0 radical (unpaired) electrons. The van der Waals surface area contributed by atoms with E-state index in [4.69, 9.17) is 0 Å². The molecule has 3 heterocycles. The maximum Gasteiger partial charge on any atom is 0.123 e. The van der Waals surface area contributed by atoms with Crippen molar-refractivity contribution in [2.45, 2.75) is 32.2 Å². The smallest absolute Gasteiger partial charge is 0.123 e. The summed E-state index contributed by atoms with van der Waals surface area (Å²) in [6.07, 6.45) is 7.61. The predicted molar refractivity (Wildman–Crippen MR) is 103 cm³/mol. The fraction of sp³-hybridized carbons (Fsp3) is 0.238. The molecule has 0 saturated carbocycles. The molecule has 28 heavy (non-hydrogen) atoms. The third kappa shape index (κ3) is 2.98. The standard InChI is InChI=1S/C21H19FN6/c1-13-21(26-27-25-13)15-6-7-23-19(8-15)20-11-28(12-24-20)10-16-3-2-14-4-5-17(22)9-18(14)16/h4-9,11-12,16H,2-3,10H2,1H3,(H,25,26,27)/t16-/m0/s1. The van der Waals surface area contributed by atoms with Gasteiger partial charge in [-0.25, -0.2) is 9.37 Å². The van der Waals surface area contributed by atoms with Crippen molar-refractivity contribution in [1.29, 1.82) is 0 Å². The van der Waals surface area contributed by atoms with E-state index >= 15 is 0 Å². The van der Waals surface area contributed by atoms with Gasteiger partial charge < -0.3 is 4.57 Å². The minimum Gasteiger partial charge on any atom is -0.336 e. The normalized spacial score (nSPS) is 15.7. The first-order valence-corrected chi connectivity index (χ1v) is 9.31. The zero-order chi connectivity index (χ0) is 19.1. The van der Waals surface area contributed by atoms with E-state index in [9.17, 15) is 4.39 Å². The zero-order valence-electron chi connectivity index (χ0n) is 15.4. The van der Waals surface area contributed by atoms with Crippen LogP contribution in [-0.2, 0) is 13.0 Å². The number of nitrogens with one attached hydrogen (secondary N) is 1. The topological polar surface area (TPSA) is 72.3 Å². The average molecular weight is 374 g/mol. The van der Waals surface area contributed by atoms with Gasteiger partial charge in [-0.2, -0.15) is 15.4 Å². The number of halogens is 1. The fourth-order valence-electron chi connectivity index (χ4n) is 3.97. The van der Waals surface area contributed by atoms with Crippen molar-refractivity contribution in [1.82, 2.24) is 29.9 Å². The first kappa shape index (κ1) is 16.8. The minimum absolute atomic E-state index is 0.166. The molecule has 7 heteroatoms. The molecule has 1 N–H and O–H groups in total. The van der Waals surface area contributed by atoms with Crippen molar-refractivity contribution in [3.8, 4) is 22.6 Å². The van der Waals surface area contributed by atoms with E-state index in [0.29, 0.717) is 5.92 Å². The van der Waals surface area contributed by atoms with Crippen LogP contribution in [0.5, 0.6) is 0 Å². The van der Waals surface area contributed by atoms with Crippen molar-refractivity contribution >= 4 is 0 Å². The van der Waals surface area contributed by atoms with Gasteiger partial charge in [0.15, 0.2) is 0 Å². The molecule has 0 saturated heterocycles. The Bertz CT molecular complexity index is 1150. The monoisotopic (exact) mass is 374 g/mol. The van der Waals surface area contributed by atoms with Crippen LogP contribution in [0.4, 0.5) is 4.39 Å². The largest absolute Gasteiger partial charge is 0.336 e. The van der Waals surface area contributed by atoms with Gasteiger partial charge in [0.25, 0.3) is 0 Å². The summed E-state index contributed by atoms with van der Waals surface area (Å²) in [5.41, 5.74) is 6.58. The second-order valence-corrected chi connectivity index (χ2v) is 7.22. The molecule has 1 aliphatic rings. The van der Waals surface area contributed by atoms with Crippen molar-refractivity contribution in [3.63, 3.8) is 0 Å². The van der Waals surface area contributed by atoms with E-state index < -0.39 is 0 Å². The Balaban J connectivity index is 1.39. The molecule has 0 aliphatic heterocycles. The molecule has 3 aromatic heterocycles. The van der Waals surface area contributed by atoms with Gasteiger partial charge in [0.1, 0.15) is 17.2 Å². The van der Waals surface area contributed by atoms with Crippen LogP contribution in [-0.4, -0.2) is 29.9 Å². The Labute approximate surface area is 161 Å². The number of aryl methyl sites for hydroxylation is 2. The van der Waals surface area contributed by atoms with Crippen LogP contribution in [0.25, 0.3) is 22.6 Å². The van der Waals surface area contributed by atoms with Gasteiger partial charge in [0.05, 0.1) is 17.7 Å². The van der Waals surface area contributed by atoms with E-state index in [1.807, 2.05) is 37.6 Å². The Kier molecular flexibility index (Phi) is 4.00. The molecule has 0 amide bonds. The first-order valence-electron chi connectivity index (χ1n) is 9.31. The van der Waals surface area contributed by atoms with Gasteiger partial charge in [0.2, 0.25) is 0 Å². The van der Waals surface area contributed by atoms with E-state index in [-0.39, 0.29) is 5.82 Å². The molecule has 0 spiro atoms. The van der Waals surface area contributed by atoms with Crippen LogP contribution in [0.1, 0.15) is 29.2 Å². The summed E-state index contributed by atoms with van der Waals surface area (Å²) >= 11 is 0. The van der Waals surface area contributed by atoms with Crippen LogP contribution in [0.3, 0.4) is 0 Å². The van der Waals surface area contributed by atoms with Crippen molar-refractivity contribution in [2.75, 3.05) is 0 Å². The van der Waals surface area contributed by atoms with Crippen LogP contribution in [0.2, 0.25) is 0 Å². The van der Waals surface area contributed by atoms with Gasteiger partial charge in [-0.15, -0.1) is 0 Å². The summed E-state index contributed by atoms with van der Waals surface area (Å²) in [7, 11) is 0. The number of aromatic nitrogens is 6. The predicted octanol–water partition coefficient (Wildman–Crippen LogP) is 3.91. The average Bonchev–Trinajstić information content (AvgIpc) is 3.43. The minimum atomic E-state index is -0.166. The van der Waals surface area contributed by atoms with Crippen molar-refractivity contribution in [3.05, 3.63) is 71.7 Å². The van der Waals surface area contributed by atoms with E-state index in [1.165, 1.54) is 5.56 Å². The zero-order valence-corrected chi connectivity index (χ0v) is 15.4. The summed E-state index contributed by atoms with van der Waals surface area (Å²) in [4.78, 5) is 8.99. The highest BCUT2D eigenvalue weighted by Gasteiger charge is 2.23. The number of hydrogen-bond acceptors (Lipinski definition) is 4. The molecular weight excluding hydrogens is 355 g/mol. The Morgan fingerprint density at radius 2 is 2.07 bits per heavy atom. The van der Waals surface area contributed by atoms with Crippen molar-refractivity contribution in [2.24, 2.45) is 0 Å². The number of H-pyrrole nitrogens is 1. The second-order valence-electron chi connectivity index (χ2n) is 7.22. The summed E-state index contributed by atoms with van der Waals surface area (Å²) in [6, 6.07) is 9.01. The number of nitrogens with zero attached hydrogens (tertiary/aromatic N) is 5. The van der Waals surface area contributed by atoms with E-state index in [0.717, 1.165) is 53.3 Å². The number of rotatable bonds is 4. The van der Waals surface area contributed by atoms with Gasteiger partial charge in [-0.3, -0.25) is 4.98 Å². The second kappa shape index (κ2) is 6.67. The number of benzene rings is 1. The van der Waals surface area contributed by atoms with Gasteiger partial charge in [-0.05, 0) is 55.2 Å². The molecule has 5 rings (SSSR count). The Morgan fingerprint density at radius 1 is 1.14 bits per heavy atom. The molecule has 6 nitrogen and oxygen atoms in total. The molecule has 1 aromatic carbocycles. The lowest BCUT2D eigenvalue weighted by Crippen LogP contribution is -2.05. The summed E-state index contributed by atoms with van der Waals surface area (Å²) in [5, 5.41) is 10.9. The van der Waals surface area contributed by atoms with Crippen molar-refractivity contribution < 1.29 is 4.39 Å². The molecule has 4 aromatic rings. The van der Waals surface area contributed by atoms with Crippen LogP contribution < -0.4 is 0 Å². The van der Waals surface area contributed by atoms with E-state index in [2.05, 4.69) is 29.9 Å². The van der Waals surface area contributed by atoms with Crippen LogP contribution in [0.15, 0.2) is 49.1 Å². The first-order chi connectivity index (χ1) is 13.7. The summed E-state index contributed by atoms with van der Waals surface area (Å²) in [6.45, 7) is 2.70. The third-order valence-electron chi connectivity index (χ3n) is 5.39. The van der Waals surface area contributed by atoms with Gasteiger partial charge in [-0.1, -0.05) is 6.07 Å². The lowest BCUT2D eigenvalue weighted by Gasteiger charge is -2.12. The number of imidazole rings is 1. The van der Waals surface area contributed by atoms with Gasteiger partial charge in [0, 0.05) is 30.4 Å². The summed E-state index contributed by atoms with van der Waals surface area (Å²) in [5.74, 6) is 0.144. The lowest BCUT2D eigenvalue weighted by atomic mass is 10.0. The third-order valence-corrected chi connectivity index (χ3v) is 5.39. The highest BCUT2D eigenvalue weighted by molar-refractivity contribution is 5.67. The molecule has 140 valence electrons. The molecule has 1 aliphatic carbocycles. The van der Waals surface area contributed by atoms with E-state index in [1.54, 1.807) is 18.3 Å².